The van der Waals surface area contributed by atoms with Gasteiger partial charge in [0.1, 0.15) is 17.2 Å². The van der Waals surface area contributed by atoms with E-state index in [0.29, 0.717) is 30.4 Å². The van der Waals surface area contributed by atoms with Crippen molar-refractivity contribution >= 4 is 11.9 Å². The maximum Gasteiger partial charge on any atom is 0.127 e. The Morgan fingerprint density at radius 1 is 1.07 bits per heavy atom. The van der Waals surface area contributed by atoms with Gasteiger partial charge in [-0.25, -0.2) is 0 Å². The molecule has 1 atom stereocenters. The lowest BCUT2D eigenvalue weighted by Crippen LogP contribution is -2.15. The summed E-state index contributed by atoms with van der Waals surface area (Å²) in [5.74, 6) is 2.57. The van der Waals surface area contributed by atoms with Crippen molar-refractivity contribution < 1.29 is 9.47 Å². The molecule has 6 heteroatoms. The van der Waals surface area contributed by atoms with E-state index in [-0.39, 0.29) is 0 Å². The highest BCUT2D eigenvalue weighted by Crippen LogP contribution is 2.24. The molecule has 1 unspecified atom stereocenters. The van der Waals surface area contributed by atoms with Crippen LogP contribution in [0.3, 0.4) is 0 Å². The van der Waals surface area contributed by atoms with Gasteiger partial charge in [-0.3, -0.25) is 4.68 Å². The van der Waals surface area contributed by atoms with Crippen molar-refractivity contribution in [2.45, 2.75) is 19.9 Å². The van der Waals surface area contributed by atoms with Gasteiger partial charge in [-0.1, -0.05) is 6.92 Å². The van der Waals surface area contributed by atoms with Crippen molar-refractivity contribution in [1.82, 2.24) is 9.78 Å². The molecule has 0 aliphatic heterocycles. The monoisotopic (exact) mass is 376 g/mol. The Morgan fingerprint density at radius 2 is 1.71 bits per heavy atom. The Balaban J connectivity index is 1.50. The van der Waals surface area contributed by atoms with Crippen LogP contribution in [0.1, 0.15) is 18.9 Å². The highest BCUT2D eigenvalue weighted by molar-refractivity contribution is 6.04. The van der Waals surface area contributed by atoms with Crippen LogP contribution in [0.25, 0.3) is 0 Å². The second-order valence-corrected chi connectivity index (χ2v) is 6.63. The van der Waals surface area contributed by atoms with E-state index in [4.69, 9.17) is 20.3 Å². The molecule has 2 N–H and O–H groups in total. The van der Waals surface area contributed by atoms with Crippen molar-refractivity contribution in [1.29, 1.82) is 10.8 Å². The van der Waals surface area contributed by atoms with Gasteiger partial charge in [-0.15, -0.1) is 0 Å². The molecule has 144 valence electrons. The van der Waals surface area contributed by atoms with Gasteiger partial charge in [0.05, 0.1) is 6.61 Å². The first kappa shape index (κ1) is 19.4. The normalized spacial score (nSPS) is 11.6. The Labute approximate surface area is 164 Å². The molecule has 0 spiro atoms. The Morgan fingerprint density at radius 3 is 2.32 bits per heavy atom. The van der Waals surface area contributed by atoms with Crippen LogP contribution in [-0.2, 0) is 6.54 Å². The van der Waals surface area contributed by atoms with Crippen molar-refractivity contribution in [3.05, 3.63) is 72.6 Å². The van der Waals surface area contributed by atoms with E-state index in [2.05, 4.69) is 12.0 Å². The summed E-state index contributed by atoms with van der Waals surface area (Å²) in [6.45, 7) is 3.56. The first-order valence-electron chi connectivity index (χ1n) is 9.19. The second-order valence-electron chi connectivity index (χ2n) is 6.63. The summed E-state index contributed by atoms with van der Waals surface area (Å²) in [5, 5.41) is 19.2. The van der Waals surface area contributed by atoms with E-state index in [1.165, 1.54) is 6.21 Å². The fourth-order valence-corrected chi connectivity index (χ4v) is 2.70. The van der Waals surface area contributed by atoms with Crippen LogP contribution in [0, 0.1) is 16.7 Å². The smallest absolute Gasteiger partial charge is 0.127 e. The van der Waals surface area contributed by atoms with Crippen LogP contribution >= 0.6 is 0 Å². The van der Waals surface area contributed by atoms with Gasteiger partial charge in [0, 0.05) is 43.2 Å². The number of nitrogens with zero attached hydrogens (tertiary/aromatic N) is 2. The first-order valence-corrected chi connectivity index (χ1v) is 9.19. The molecular formula is C22H24N4O2. The first-order chi connectivity index (χ1) is 13.6. The third kappa shape index (κ3) is 5.54. The molecule has 0 amide bonds. The van der Waals surface area contributed by atoms with E-state index in [0.717, 1.165) is 23.6 Å². The van der Waals surface area contributed by atoms with Gasteiger partial charge < -0.3 is 20.3 Å². The number of ether oxygens (including phenoxy) is 2. The third-order valence-corrected chi connectivity index (χ3v) is 4.16. The van der Waals surface area contributed by atoms with Crippen LogP contribution in [0.4, 0.5) is 0 Å². The molecule has 0 bridgehead atoms. The van der Waals surface area contributed by atoms with E-state index < -0.39 is 0 Å². The zero-order valence-corrected chi connectivity index (χ0v) is 15.8. The second kappa shape index (κ2) is 9.50. The molecule has 0 radical (unpaired) electrons. The molecule has 3 aromatic rings. The molecule has 28 heavy (non-hydrogen) atoms. The molecule has 0 saturated carbocycles. The van der Waals surface area contributed by atoms with Crippen LogP contribution in [-0.4, -0.2) is 28.3 Å². The maximum absolute atomic E-state index is 7.86. The van der Waals surface area contributed by atoms with Crippen LogP contribution in [0.15, 0.2) is 67.0 Å². The number of hydrogen-bond donors (Lipinski definition) is 2. The van der Waals surface area contributed by atoms with Gasteiger partial charge >= 0.3 is 0 Å². The number of aromatic nitrogens is 2. The highest BCUT2D eigenvalue weighted by Gasteiger charge is 2.06. The van der Waals surface area contributed by atoms with Gasteiger partial charge in [0.15, 0.2) is 0 Å². The highest BCUT2D eigenvalue weighted by atomic mass is 16.5. The lowest BCUT2D eigenvalue weighted by atomic mass is 10.1. The third-order valence-electron chi connectivity index (χ3n) is 4.16. The Hall–Kier alpha value is -3.41. The molecule has 6 nitrogen and oxygen atoms in total. The molecule has 2 aromatic carbocycles. The summed E-state index contributed by atoms with van der Waals surface area (Å²) in [6, 6.07) is 16.8. The molecule has 0 aliphatic rings. The van der Waals surface area contributed by atoms with Crippen LogP contribution in [0.2, 0.25) is 0 Å². The predicted molar refractivity (Wildman–Crippen MR) is 110 cm³/mol. The molecule has 0 saturated heterocycles. The largest absolute Gasteiger partial charge is 0.493 e. The molecule has 1 heterocycles. The van der Waals surface area contributed by atoms with E-state index in [9.17, 15) is 0 Å². The predicted octanol–water partition coefficient (Wildman–Crippen LogP) is 4.80. The zero-order valence-electron chi connectivity index (χ0n) is 15.8. The molecule has 3 rings (SSSR count). The fraction of sp³-hybridized carbons (Fsp3) is 0.227. The topological polar surface area (TPSA) is 84.0 Å². The van der Waals surface area contributed by atoms with Gasteiger partial charge in [0.2, 0.25) is 0 Å². The lowest BCUT2D eigenvalue weighted by molar-refractivity contribution is 0.239. The van der Waals surface area contributed by atoms with Crippen LogP contribution in [0.5, 0.6) is 17.2 Å². The van der Waals surface area contributed by atoms with Gasteiger partial charge in [0.25, 0.3) is 0 Å². The summed E-state index contributed by atoms with van der Waals surface area (Å²) in [5.41, 5.74) is 1.22. The summed E-state index contributed by atoms with van der Waals surface area (Å²) in [7, 11) is 0. The number of rotatable bonds is 10. The Kier molecular flexibility index (Phi) is 6.57. The van der Waals surface area contributed by atoms with Gasteiger partial charge in [-0.2, -0.15) is 5.10 Å². The van der Waals surface area contributed by atoms with Crippen molar-refractivity contribution in [3.63, 3.8) is 0 Å². The van der Waals surface area contributed by atoms with Crippen molar-refractivity contribution in [2.24, 2.45) is 5.92 Å². The summed E-state index contributed by atoms with van der Waals surface area (Å²) < 4.78 is 13.6. The number of benzene rings is 2. The maximum atomic E-state index is 7.86. The molecular weight excluding hydrogens is 352 g/mol. The van der Waals surface area contributed by atoms with Gasteiger partial charge in [-0.05, 0) is 60.2 Å². The number of hydrogen-bond acceptors (Lipinski definition) is 5. The lowest BCUT2D eigenvalue weighted by Gasteiger charge is -2.13. The average Bonchev–Trinajstić information content (AvgIpc) is 3.21. The summed E-state index contributed by atoms with van der Waals surface area (Å²) >= 11 is 0. The minimum Gasteiger partial charge on any atom is -0.493 e. The minimum absolute atomic E-state index is 0.336. The zero-order chi connectivity index (χ0) is 19.8. The standard InChI is InChI=1S/C22H24N4O2/c1-17(15-26-14-2-13-25-26)16-27-19-7-9-21(10-8-19)28-20-5-3-18(4-6-20)22(24)11-12-23/h2-10,12-14,17,23-24H,11,15-16H2,1H3. The number of nitrogens with one attached hydrogen (secondary N) is 2. The van der Waals surface area contributed by atoms with Crippen molar-refractivity contribution in [3.8, 4) is 17.2 Å². The average molecular weight is 376 g/mol. The molecule has 0 aliphatic carbocycles. The van der Waals surface area contributed by atoms with E-state index >= 15 is 0 Å². The quantitative estimate of drug-likeness (QED) is 0.499. The van der Waals surface area contributed by atoms with E-state index in [1.807, 2.05) is 65.5 Å². The van der Waals surface area contributed by atoms with E-state index in [1.54, 1.807) is 6.20 Å². The SMILES string of the molecule is CC(COc1ccc(Oc2ccc(C(=N)CC=N)cc2)cc1)Cn1cccn1. The Bertz CT molecular complexity index is 887. The van der Waals surface area contributed by atoms with Crippen molar-refractivity contribution in [2.75, 3.05) is 6.61 Å². The fourth-order valence-electron chi connectivity index (χ4n) is 2.70. The summed E-state index contributed by atoms with van der Waals surface area (Å²) in [4.78, 5) is 0. The minimum atomic E-state index is 0.336. The molecule has 1 aromatic heterocycles. The summed E-state index contributed by atoms with van der Waals surface area (Å²) in [6.07, 6.45) is 5.29. The molecule has 0 fully saturated rings. The van der Waals surface area contributed by atoms with Crippen LogP contribution < -0.4 is 9.47 Å².